The molecule has 0 saturated carbocycles. The maximum atomic E-state index is 11.0. The van der Waals surface area contributed by atoms with Gasteiger partial charge in [0.1, 0.15) is 0 Å². The summed E-state index contributed by atoms with van der Waals surface area (Å²) in [6, 6.07) is 2.07. The van der Waals surface area contributed by atoms with Crippen LogP contribution in [0.4, 0.5) is 0 Å². The maximum Gasteiger partial charge on any atom is 0.315 e. The smallest absolute Gasteiger partial charge is 0.315 e. The van der Waals surface area contributed by atoms with Gasteiger partial charge in [0.05, 0.1) is 18.4 Å². The van der Waals surface area contributed by atoms with Crippen molar-refractivity contribution in [1.29, 1.82) is 5.26 Å². The molecule has 0 aliphatic heterocycles. The molecular formula is C10H17NO2S. The molecule has 0 rings (SSSR count). The van der Waals surface area contributed by atoms with Crippen molar-refractivity contribution in [3.05, 3.63) is 0 Å². The van der Waals surface area contributed by atoms with Gasteiger partial charge < -0.3 is 4.74 Å². The first-order chi connectivity index (χ1) is 6.81. The minimum absolute atomic E-state index is 0.139. The normalized spacial score (nSPS) is 9.43. The third-order valence-electron chi connectivity index (χ3n) is 1.56. The van der Waals surface area contributed by atoms with Gasteiger partial charge in [-0.05, 0) is 18.6 Å². The fourth-order valence-electron chi connectivity index (χ4n) is 0.781. The van der Waals surface area contributed by atoms with Crippen LogP contribution < -0.4 is 0 Å². The van der Waals surface area contributed by atoms with Gasteiger partial charge in [0, 0.05) is 6.42 Å². The molecule has 4 heteroatoms. The molecule has 0 fully saturated rings. The predicted octanol–water partition coefficient (Wildman–Crippen LogP) is 2.37. The van der Waals surface area contributed by atoms with Crippen LogP contribution in [-0.2, 0) is 9.53 Å². The number of ether oxygens (including phenoxy) is 1. The van der Waals surface area contributed by atoms with E-state index in [2.05, 4.69) is 13.0 Å². The van der Waals surface area contributed by atoms with E-state index < -0.39 is 0 Å². The second-order valence-corrected chi connectivity index (χ2v) is 3.99. The molecule has 0 aliphatic rings. The van der Waals surface area contributed by atoms with E-state index in [4.69, 9.17) is 10.00 Å². The Balaban J connectivity index is 3.15. The van der Waals surface area contributed by atoms with Crippen molar-refractivity contribution in [2.45, 2.75) is 32.6 Å². The average molecular weight is 215 g/mol. The Kier molecular flexibility index (Phi) is 9.88. The van der Waals surface area contributed by atoms with E-state index in [0.717, 1.165) is 25.0 Å². The molecule has 80 valence electrons. The van der Waals surface area contributed by atoms with E-state index in [9.17, 15) is 4.79 Å². The Hall–Kier alpha value is -0.690. The summed E-state index contributed by atoms with van der Waals surface area (Å²) < 4.78 is 4.96. The predicted molar refractivity (Wildman–Crippen MR) is 58.0 cm³/mol. The first-order valence-electron chi connectivity index (χ1n) is 4.91. The highest BCUT2D eigenvalue weighted by Gasteiger charge is 2.01. The van der Waals surface area contributed by atoms with E-state index in [-0.39, 0.29) is 5.97 Å². The van der Waals surface area contributed by atoms with Gasteiger partial charge in [0.25, 0.3) is 0 Å². The highest BCUT2D eigenvalue weighted by molar-refractivity contribution is 7.99. The van der Waals surface area contributed by atoms with Crippen molar-refractivity contribution in [3.8, 4) is 6.07 Å². The Labute approximate surface area is 89.8 Å². The van der Waals surface area contributed by atoms with Crippen molar-refractivity contribution in [2.75, 3.05) is 18.1 Å². The molecule has 14 heavy (non-hydrogen) atoms. The number of carbonyl (C=O) groups is 1. The molecule has 0 saturated heterocycles. The van der Waals surface area contributed by atoms with Crippen molar-refractivity contribution in [2.24, 2.45) is 0 Å². The van der Waals surface area contributed by atoms with Crippen LogP contribution in [0.1, 0.15) is 32.6 Å². The molecule has 0 aromatic heterocycles. The number of nitrogens with zero attached hydrogens (tertiary/aromatic N) is 1. The molecule has 0 N–H and O–H groups in total. The topological polar surface area (TPSA) is 50.1 Å². The second kappa shape index (κ2) is 10.4. The zero-order chi connectivity index (χ0) is 10.6. The third-order valence-corrected chi connectivity index (χ3v) is 2.58. The number of esters is 1. The summed E-state index contributed by atoms with van der Waals surface area (Å²) in [6.45, 7) is 2.60. The lowest BCUT2D eigenvalue weighted by molar-refractivity contribution is -0.140. The Morgan fingerprint density at radius 2 is 2.29 bits per heavy atom. The summed E-state index contributed by atoms with van der Waals surface area (Å²) in [5.41, 5.74) is 0. The van der Waals surface area contributed by atoms with Crippen LogP contribution in [-0.4, -0.2) is 24.1 Å². The summed E-state index contributed by atoms with van der Waals surface area (Å²) in [5.74, 6) is 1.13. The van der Waals surface area contributed by atoms with Crippen LogP contribution in [0.3, 0.4) is 0 Å². The molecule has 0 aromatic carbocycles. The lowest BCUT2D eigenvalue weighted by Gasteiger charge is -2.02. The van der Waals surface area contributed by atoms with Gasteiger partial charge in [-0.1, -0.05) is 13.3 Å². The van der Waals surface area contributed by atoms with Gasteiger partial charge >= 0.3 is 5.97 Å². The standard InChI is InChI=1S/C10H17NO2S/c1-2-3-7-13-10(12)9-14-8-5-4-6-11/h2-5,7-9H2,1H3. The summed E-state index contributed by atoms with van der Waals surface area (Å²) in [6.07, 6.45) is 3.40. The molecule has 3 nitrogen and oxygen atoms in total. The molecule has 0 aromatic rings. The number of unbranched alkanes of at least 4 members (excludes halogenated alkanes) is 2. The monoisotopic (exact) mass is 215 g/mol. The summed E-state index contributed by atoms with van der Waals surface area (Å²) in [4.78, 5) is 11.0. The number of hydrogen-bond donors (Lipinski definition) is 0. The van der Waals surface area contributed by atoms with Crippen molar-refractivity contribution in [3.63, 3.8) is 0 Å². The Morgan fingerprint density at radius 3 is 2.93 bits per heavy atom. The van der Waals surface area contributed by atoms with E-state index >= 15 is 0 Å². The van der Waals surface area contributed by atoms with Gasteiger partial charge in [-0.2, -0.15) is 17.0 Å². The number of thioether (sulfide) groups is 1. The lowest BCUT2D eigenvalue weighted by atomic mass is 10.4. The minimum atomic E-state index is -0.139. The largest absolute Gasteiger partial charge is 0.465 e. The van der Waals surface area contributed by atoms with E-state index in [1.54, 1.807) is 0 Å². The number of nitriles is 1. The van der Waals surface area contributed by atoms with Crippen LogP contribution in [0.5, 0.6) is 0 Å². The van der Waals surface area contributed by atoms with E-state index in [1.165, 1.54) is 11.8 Å². The Bertz CT molecular complexity index is 189. The van der Waals surface area contributed by atoms with Crippen LogP contribution in [0.2, 0.25) is 0 Å². The van der Waals surface area contributed by atoms with Crippen LogP contribution >= 0.6 is 11.8 Å². The molecule has 0 spiro atoms. The highest BCUT2D eigenvalue weighted by atomic mass is 32.2. The van der Waals surface area contributed by atoms with Crippen LogP contribution in [0.15, 0.2) is 0 Å². The van der Waals surface area contributed by atoms with Crippen molar-refractivity contribution < 1.29 is 9.53 Å². The highest BCUT2D eigenvalue weighted by Crippen LogP contribution is 2.04. The zero-order valence-corrected chi connectivity index (χ0v) is 9.44. The second-order valence-electron chi connectivity index (χ2n) is 2.89. The SMILES string of the molecule is CCCCOC(=O)CSCCCC#N. The number of rotatable bonds is 8. The van der Waals surface area contributed by atoms with Gasteiger partial charge in [-0.25, -0.2) is 0 Å². The van der Waals surface area contributed by atoms with Crippen molar-refractivity contribution >= 4 is 17.7 Å². The minimum Gasteiger partial charge on any atom is -0.465 e. The molecular weight excluding hydrogens is 198 g/mol. The summed E-state index contributed by atoms with van der Waals surface area (Å²) in [5, 5.41) is 8.27. The summed E-state index contributed by atoms with van der Waals surface area (Å²) in [7, 11) is 0. The van der Waals surface area contributed by atoms with Gasteiger partial charge in [-0.15, -0.1) is 0 Å². The number of hydrogen-bond acceptors (Lipinski definition) is 4. The average Bonchev–Trinajstić information content (AvgIpc) is 2.18. The first kappa shape index (κ1) is 13.3. The quantitative estimate of drug-likeness (QED) is 0.460. The molecule has 0 heterocycles. The third kappa shape index (κ3) is 9.40. The summed E-state index contributed by atoms with van der Waals surface area (Å²) >= 11 is 1.53. The van der Waals surface area contributed by atoms with Crippen molar-refractivity contribution in [1.82, 2.24) is 0 Å². The number of carbonyl (C=O) groups excluding carboxylic acids is 1. The maximum absolute atomic E-state index is 11.0. The van der Waals surface area contributed by atoms with Crippen LogP contribution in [0, 0.1) is 11.3 Å². The van der Waals surface area contributed by atoms with Crippen LogP contribution in [0.25, 0.3) is 0 Å². The molecule has 0 amide bonds. The molecule has 0 radical (unpaired) electrons. The fourth-order valence-corrected chi connectivity index (χ4v) is 1.52. The Morgan fingerprint density at radius 1 is 1.50 bits per heavy atom. The molecule has 0 unspecified atom stereocenters. The van der Waals surface area contributed by atoms with Gasteiger partial charge in [-0.3, -0.25) is 4.79 Å². The lowest BCUT2D eigenvalue weighted by Crippen LogP contribution is -2.08. The molecule has 0 aliphatic carbocycles. The fraction of sp³-hybridized carbons (Fsp3) is 0.800. The zero-order valence-electron chi connectivity index (χ0n) is 8.62. The van der Waals surface area contributed by atoms with Gasteiger partial charge in [0.15, 0.2) is 0 Å². The van der Waals surface area contributed by atoms with Gasteiger partial charge in [0.2, 0.25) is 0 Å². The molecule has 0 bridgehead atoms. The van der Waals surface area contributed by atoms with E-state index in [1.807, 2.05) is 0 Å². The first-order valence-corrected chi connectivity index (χ1v) is 6.07. The van der Waals surface area contributed by atoms with E-state index in [0.29, 0.717) is 18.8 Å². The molecule has 0 atom stereocenters.